The fraction of sp³-hybridized carbons (Fsp3) is 0.136. The van der Waals surface area contributed by atoms with Crippen molar-refractivity contribution in [2.75, 3.05) is 12.1 Å². The number of methoxy groups -OCH3 is 1. The minimum absolute atomic E-state index is 0.00895. The first-order valence-corrected chi connectivity index (χ1v) is 9.90. The summed E-state index contributed by atoms with van der Waals surface area (Å²) in [6, 6.07) is 21.1. The van der Waals surface area contributed by atoms with Gasteiger partial charge in [0.05, 0.1) is 29.6 Å². The number of hydrogen-bond donors (Lipinski definition) is 0. The molecule has 0 fully saturated rings. The van der Waals surface area contributed by atoms with E-state index in [-0.39, 0.29) is 6.04 Å². The highest BCUT2D eigenvalue weighted by Crippen LogP contribution is 2.41. The molecule has 6 heteroatoms. The molecule has 0 bridgehead atoms. The third kappa shape index (κ3) is 3.83. The fourth-order valence-corrected chi connectivity index (χ4v) is 3.79. The Balaban J connectivity index is 1.77. The molecular formula is C22H17Cl3N2O. The van der Waals surface area contributed by atoms with Crippen LogP contribution < -0.4 is 9.75 Å². The Kier molecular flexibility index (Phi) is 5.49. The zero-order chi connectivity index (χ0) is 19.7. The van der Waals surface area contributed by atoms with Crippen molar-refractivity contribution in [1.82, 2.24) is 0 Å². The Bertz CT molecular complexity index is 1020. The van der Waals surface area contributed by atoms with E-state index in [2.05, 4.69) is 0 Å². The van der Waals surface area contributed by atoms with Crippen molar-refractivity contribution >= 4 is 46.2 Å². The number of anilines is 1. The second-order valence-electron chi connectivity index (χ2n) is 6.49. The maximum atomic E-state index is 6.48. The average molecular weight is 432 g/mol. The van der Waals surface area contributed by atoms with Crippen LogP contribution >= 0.6 is 34.8 Å². The first-order chi connectivity index (χ1) is 13.5. The van der Waals surface area contributed by atoms with Gasteiger partial charge in [-0.05, 0) is 65.7 Å². The lowest BCUT2D eigenvalue weighted by molar-refractivity contribution is 0.415. The average Bonchev–Trinajstić information content (AvgIpc) is 3.15. The van der Waals surface area contributed by atoms with Crippen molar-refractivity contribution in [1.29, 1.82) is 0 Å². The lowest BCUT2D eigenvalue weighted by Gasteiger charge is -2.25. The highest BCUT2D eigenvalue weighted by molar-refractivity contribution is 6.35. The molecule has 0 radical (unpaired) electrons. The van der Waals surface area contributed by atoms with Crippen molar-refractivity contribution < 1.29 is 4.74 Å². The minimum Gasteiger partial charge on any atom is -0.497 e. The largest absolute Gasteiger partial charge is 0.497 e. The molecule has 1 aliphatic rings. The lowest BCUT2D eigenvalue weighted by Crippen LogP contribution is -2.18. The number of rotatable bonds is 4. The normalized spacial score (nSPS) is 16.2. The Morgan fingerprint density at radius 1 is 0.893 bits per heavy atom. The standard InChI is InChI=1S/C22H17Cl3N2O/c1-28-18-9-4-14(5-10-18)20-13-21(15-2-6-16(23)7-3-15)27(26-20)22-12-17(24)8-11-19(22)25/h2-12,21H,13H2,1H3/t21-/m1/s1. The van der Waals surface area contributed by atoms with Gasteiger partial charge >= 0.3 is 0 Å². The van der Waals surface area contributed by atoms with Gasteiger partial charge in [0.2, 0.25) is 0 Å². The van der Waals surface area contributed by atoms with Crippen molar-refractivity contribution in [3.05, 3.63) is 92.9 Å². The van der Waals surface area contributed by atoms with Gasteiger partial charge in [0.25, 0.3) is 0 Å². The summed E-state index contributed by atoms with van der Waals surface area (Å²) < 4.78 is 5.26. The van der Waals surface area contributed by atoms with Crippen LogP contribution in [0.5, 0.6) is 5.75 Å². The summed E-state index contributed by atoms with van der Waals surface area (Å²) in [6.45, 7) is 0. The highest BCUT2D eigenvalue weighted by atomic mass is 35.5. The van der Waals surface area contributed by atoms with Crippen LogP contribution in [0.25, 0.3) is 0 Å². The van der Waals surface area contributed by atoms with Crippen LogP contribution in [0.4, 0.5) is 5.69 Å². The van der Waals surface area contributed by atoms with Gasteiger partial charge in [0.15, 0.2) is 0 Å². The number of nitrogens with zero attached hydrogens (tertiary/aromatic N) is 2. The molecule has 0 saturated heterocycles. The summed E-state index contributed by atoms with van der Waals surface area (Å²) >= 11 is 18.8. The number of ether oxygens (including phenoxy) is 1. The Hall–Kier alpha value is -2.20. The molecule has 0 unspecified atom stereocenters. The van der Waals surface area contributed by atoms with Crippen molar-refractivity contribution in [3.63, 3.8) is 0 Å². The fourth-order valence-electron chi connectivity index (χ4n) is 3.30. The van der Waals surface area contributed by atoms with Gasteiger partial charge in [-0.2, -0.15) is 5.10 Å². The summed E-state index contributed by atoms with van der Waals surface area (Å²) in [4.78, 5) is 0. The van der Waals surface area contributed by atoms with E-state index in [9.17, 15) is 0 Å². The number of hydrogen-bond acceptors (Lipinski definition) is 3. The summed E-state index contributed by atoms with van der Waals surface area (Å²) in [5.74, 6) is 0.811. The molecule has 0 saturated carbocycles. The van der Waals surface area contributed by atoms with Gasteiger partial charge in [0, 0.05) is 16.5 Å². The van der Waals surface area contributed by atoms with Crippen LogP contribution in [-0.4, -0.2) is 12.8 Å². The zero-order valence-corrected chi connectivity index (χ0v) is 17.3. The van der Waals surface area contributed by atoms with E-state index in [1.807, 2.05) is 59.6 Å². The minimum atomic E-state index is -0.00895. The summed E-state index contributed by atoms with van der Waals surface area (Å²) in [7, 11) is 1.65. The topological polar surface area (TPSA) is 24.8 Å². The number of halogens is 3. The highest BCUT2D eigenvalue weighted by Gasteiger charge is 2.31. The summed E-state index contributed by atoms with van der Waals surface area (Å²) in [6.07, 6.45) is 0.733. The molecule has 28 heavy (non-hydrogen) atoms. The predicted molar refractivity (Wildman–Crippen MR) is 117 cm³/mol. The maximum Gasteiger partial charge on any atom is 0.118 e. The van der Waals surface area contributed by atoms with Crippen LogP contribution in [0, 0.1) is 0 Å². The third-order valence-corrected chi connectivity index (χ3v) is 5.55. The van der Waals surface area contributed by atoms with Gasteiger partial charge < -0.3 is 4.74 Å². The van der Waals surface area contributed by atoms with E-state index in [0.717, 1.165) is 34.7 Å². The molecule has 3 aromatic rings. The first-order valence-electron chi connectivity index (χ1n) is 8.77. The number of benzene rings is 3. The van der Waals surface area contributed by atoms with Gasteiger partial charge in [-0.15, -0.1) is 0 Å². The lowest BCUT2D eigenvalue weighted by atomic mass is 9.98. The van der Waals surface area contributed by atoms with Crippen molar-refractivity contribution in [2.45, 2.75) is 12.5 Å². The SMILES string of the molecule is COc1ccc(C2=NN(c3cc(Cl)ccc3Cl)[C@@H](c3ccc(Cl)cc3)C2)cc1. The molecular weight excluding hydrogens is 415 g/mol. The molecule has 142 valence electrons. The predicted octanol–water partition coefficient (Wildman–Crippen LogP) is 7.01. The van der Waals surface area contributed by atoms with E-state index in [1.165, 1.54) is 0 Å². The molecule has 0 amide bonds. The van der Waals surface area contributed by atoms with Crippen LogP contribution in [-0.2, 0) is 0 Å². The van der Waals surface area contributed by atoms with Crippen molar-refractivity contribution in [3.8, 4) is 5.75 Å². The molecule has 3 aromatic carbocycles. The van der Waals surface area contributed by atoms with E-state index in [4.69, 9.17) is 44.6 Å². The van der Waals surface area contributed by atoms with Gasteiger partial charge in [-0.25, -0.2) is 0 Å². The third-order valence-electron chi connectivity index (χ3n) is 4.74. The molecule has 0 N–H and O–H groups in total. The molecule has 3 nitrogen and oxygen atoms in total. The molecule has 0 aliphatic carbocycles. The Morgan fingerprint density at radius 3 is 2.25 bits per heavy atom. The van der Waals surface area contributed by atoms with Gasteiger partial charge in [-0.3, -0.25) is 5.01 Å². The van der Waals surface area contributed by atoms with Crippen molar-refractivity contribution in [2.24, 2.45) is 5.10 Å². The molecule has 0 aromatic heterocycles. The smallest absolute Gasteiger partial charge is 0.118 e. The summed E-state index contributed by atoms with van der Waals surface area (Å²) in [5.41, 5.74) is 3.89. The molecule has 1 heterocycles. The van der Waals surface area contributed by atoms with Crippen LogP contribution in [0.15, 0.2) is 71.8 Å². The van der Waals surface area contributed by atoms with E-state index >= 15 is 0 Å². The molecule has 1 atom stereocenters. The molecule has 0 spiro atoms. The number of hydrazone groups is 1. The van der Waals surface area contributed by atoms with Crippen LogP contribution in [0.1, 0.15) is 23.6 Å². The Labute approximate surface area is 179 Å². The quantitative estimate of drug-likeness (QED) is 0.444. The van der Waals surface area contributed by atoms with E-state index < -0.39 is 0 Å². The second-order valence-corrected chi connectivity index (χ2v) is 7.77. The first kappa shape index (κ1) is 19.1. The monoisotopic (exact) mass is 430 g/mol. The van der Waals surface area contributed by atoms with E-state index in [0.29, 0.717) is 15.1 Å². The van der Waals surface area contributed by atoms with Gasteiger partial charge in [0.1, 0.15) is 5.75 Å². The zero-order valence-electron chi connectivity index (χ0n) is 15.1. The van der Waals surface area contributed by atoms with Crippen LogP contribution in [0.2, 0.25) is 15.1 Å². The summed E-state index contributed by atoms with van der Waals surface area (Å²) in [5, 5.41) is 8.75. The van der Waals surface area contributed by atoms with Crippen LogP contribution in [0.3, 0.4) is 0 Å². The second kappa shape index (κ2) is 8.04. The Morgan fingerprint density at radius 2 is 1.57 bits per heavy atom. The molecule has 4 rings (SSSR count). The maximum absolute atomic E-state index is 6.48. The van der Waals surface area contributed by atoms with E-state index in [1.54, 1.807) is 19.2 Å². The molecule has 1 aliphatic heterocycles. The van der Waals surface area contributed by atoms with Gasteiger partial charge in [-0.1, -0.05) is 46.9 Å².